The molecule has 0 aliphatic rings. The molecule has 2 atom stereocenters. The van der Waals surface area contributed by atoms with E-state index in [1.54, 1.807) is 11.3 Å². The summed E-state index contributed by atoms with van der Waals surface area (Å²) in [5.41, 5.74) is 2.63. The standard InChI is InChI=1S/C17H23NOS/c1-12(2)19-17-7-5-15(6-8-17)13(3)18-14(4)16-9-10-20-11-16/h5-14,18H,1-4H3. The Morgan fingerprint density at radius 2 is 1.55 bits per heavy atom. The Labute approximate surface area is 125 Å². The topological polar surface area (TPSA) is 21.3 Å². The number of ether oxygens (including phenoxy) is 1. The van der Waals surface area contributed by atoms with Gasteiger partial charge in [0.25, 0.3) is 0 Å². The lowest BCUT2D eigenvalue weighted by atomic mass is 10.1. The molecule has 0 aliphatic heterocycles. The van der Waals surface area contributed by atoms with Crippen LogP contribution in [-0.4, -0.2) is 6.10 Å². The van der Waals surface area contributed by atoms with Gasteiger partial charge in [-0.15, -0.1) is 0 Å². The lowest BCUT2D eigenvalue weighted by molar-refractivity contribution is 0.242. The zero-order chi connectivity index (χ0) is 14.5. The maximum atomic E-state index is 5.67. The summed E-state index contributed by atoms with van der Waals surface area (Å²) in [5, 5.41) is 7.94. The van der Waals surface area contributed by atoms with Gasteiger partial charge in [0.15, 0.2) is 0 Å². The number of hydrogen-bond acceptors (Lipinski definition) is 3. The molecule has 0 bridgehead atoms. The molecule has 3 heteroatoms. The Kier molecular flexibility index (Phi) is 5.21. The van der Waals surface area contributed by atoms with Crippen LogP contribution >= 0.6 is 11.3 Å². The lowest BCUT2D eigenvalue weighted by Gasteiger charge is -2.20. The summed E-state index contributed by atoms with van der Waals surface area (Å²) in [7, 11) is 0. The quantitative estimate of drug-likeness (QED) is 0.812. The second kappa shape index (κ2) is 6.91. The fourth-order valence-corrected chi connectivity index (χ4v) is 2.95. The molecule has 0 fully saturated rings. The molecule has 0 spiro atoms. The first-order valence-electron chi connectivity index (χ1n) is 7.11. The van der Waals surface area contributed by atoms with E-state index in [1.807, 2.05) is 26.0 Å². The smallest absolute Gasteiger partial charge is 0.119 e. The van der Waals surface area contributed by atoms with Crippen molar-refractivity contribution in [2.75, 3.05) is 0 Å². The highest BCUT2D eigenvalue weighted by Crippen LogP contribution is 2.23. The maximum Gasteiger partial charge on any atom is 0.119 e. The molecule has 2 unspecified atom stereocenters. The maximum absolute atomic E-state index is 5.67. The highest BCUT2D eigenvalue weighted by molar-refractivity contribution is 7.07. The first kappa shape index (κ1) is 15.1. The summed E-state index contributed by atoms with van der Waals surface area (Å²) in [6.45, 7) is 8.48. The van der Waals surface area contributed by atoms with Crippen LogP contribution in [0.4, 0.5) is 0 Å². The van der Waals surface area contributed by atoms with E-state index in [0.29, 0.717) is 12.1 Å². The van der Waals surface area contributed by atoms with Crippen LogP contribution in [0, 0.1) is 0 Å². The number of benzene rings is 1. The molecule has 1 aromatic heterocycles. The zero-order valence-corrected chi connectivity index (χ0v) is 13.4. The highest BCUT2D eigenvalue weighted by atomic mass is 32.1. The zero-order valence-electron chi connectivity index (χ0n) is 12.6. The first-order valence-corrected chi connectivity index (χ1v) is 8.05. The normalized spacial score (nSPS) is 14.2. The average molecular weight is 289 g/mol. The largest absolute Gasteiger partial charge is 0.491 e. The number of thiophene rings is 1. The van der Waals surface area contributed by atoms with E-state index in [2.05, 4.69) is 48.1 Å². The molecule has 0 radical (unpaired) electrons. The minimum absolute atomic E-state index is 0.218. The van der Waals surface area contributed by atoms with Gasteiger partial charge in [-0.1, -0.05) is 12.1 Å². The van der Waals surface area contributed by atoms with Crippen molar-refractivity contribution >= 4 is 11.3 Å². The van der Waals surface area contributed by atoms with Crippen molar-refractivity contribution in [3.05, 3.63) is 52.2 Å². The van der Waals surface area contributed by atoms with Crippen molar-refractivity contribution in [3.8, 4) is 5.75 Å². The molecular formula is C17H23NOS. The summed E-state index contributed by atoms with van der Waals surface area (Å²) >= 11 is 1.74. The van der Waals surface area contributed by atoms with Crippen LogP contribution < -0.4 is 10.1 Å². The Morgan fingerprint density at radius 1 is 0.900 bits per heavy atom. The summed E-state index contributed by atoms with van der Waals surface area (Å²) in [6.07, 6.45) is 0.218. The van der Waals surface area contributed by atoms with Crippen LogP contribution in [0.15, 0.2) is 41.1 Å². The van der Waals surface area contributed by atoms with Crippen LogP contribution in [0.5, 0.6) is 5.75 Å². The van der Waals surface area contributed by atoms with Gasteiger partial charge in [0.05, 0.1) is 6.10 Å². The van der Waals surface area contributed by atoms with Gasteiger partial charge in [-0.05, 0) is 67.8 Å². The predicted molar refractivity (Wildman–Crippen MR) is 86.5 cm³/mol. The Morgan fingerprint density at radius 3 is 2.10 bits per heavy atom. The Hall–Kier alpha value is -1.32. The third-order valence-corrected chi connectivity index (χ3v) is 4.00. The van der Waals surface area contributed by atoms with E-state index in [1.165, 1.54) is 11.1 Å². The monoisotopic (exact) mass is 289 g/mol. The van der Waals surface area contributed by atoms with Crippen molar-refractivity contribution in [3.63, 3.8) is 0 Å². The molecule has 1 heterocycles. The molecular weight excluding hydrogens is 266 g/mol. The van der Waals surface area contributed by atoms with Crippen molar-refractivity contribution < 1.29 is 4.74 Å². The van der Waals surface area contributed by atoms with Crippen LogP contribution in [-0.2, 0) is 0 Å². The molecule has 108 valence electrons. The SMILES string of the molecule is CC(C)Oc1ccc(C(C)NC(C)c2ccsc2)cc1. The van der Waals surface area contributed by atoms with Gasteiger partial charge in [-0.3, -0.25) is 0 Å². The Bertz CT molecular complexity index is 504. The molecule has 0 saturated carbocycles. The fraction of sp³-hybridized carbons (Fsp3) is 0.412. The number of hydrogen-bond donors (Lipinski definition) is 1. The van der Waals surface area contributed by atoms with E-state index >= 15 is 0 Å². The fourth-order valence-electron chi connectivity index (χ4n) is 2.20. The van der Waals surface area contributed by atoms with Gasteiger partial charge in [-0.2, -0.15) is 11.3 Å². The summed E-state index contributed by atoms with van der Waals surface area (Å²) in [4.78, 5) is 0. The first-order chi connectivity index (χ1) is 9.56. The highest BCUT2D eigenvalue weighted by Gasteiger charge is 2.11. The van der Waals surface area contributed by atoms with E-state index in [-0.39, 0.29) is 6.10 Å². The van der Waals surface area contributed by atoms with Crippen molar-refractivity contribution in [1.82, 2.24) is 5.32 Å². The third kappa shape index (κ3) is 4.09. The van der Waals surface area contributed by atoms with Gasteiger partial charge < -0.3 is 10.1 Å². The molecule has 0 amide bonds. The molecule has 20 heavy (non-hydrogen) atoms. The molecule has 1 N–H and O–H groups in total. The minimum atomic E-state index is 0.218. The van der Waals surface area contributed by atoms with Gasteiger partial charge >= 0.3 is 0 Å². The van der Waals surface area contributed by atoms with Crippen molar-refractivity contribution in [1.29, 1.82) is 0 Å². The van der Waals surface area contributed by atoms with E-state index in [4.69, 9.17) is 4.74 Å². The van der Waals surface area contributed by atoms with Gasteiger partial charge in [0.2, 0.25) is 0 Å². The molecule has 2 rings (SSSR count). The third-order valence-electron chi connectivity index (χ3n) is 3.30. The van der Waals surface area contributed by atoms with Crippen molar-refractivity contribution in [2.45, 2.75) is 45.9 Å². The van der Waals surface area contributed by atoms with Crippen LogP contribution in [0.2, 0.25) is 0 Å². The second-order valence-corrected chi connectivity index (χ2v) is 6.18. The summed E-state index contributed by atoms with van der Waals surface area (Å²) in [5.74, 6) is 0.932. The van der Waals surface area contributed by atoms with E-state index in [9.17, 15) is 0 Å². The molecule has 0 aliphatic carbocycles. The van der Waals surface area contributed by atoms with E-state index < -0.39 is 0 Å². The summed E-state index contributed by atoms with van der Waals surface area (Å²) in [6, 6.07) is 11.2. The van der Waals surface area contributed by atoms with Crippen LogP contribution in [0.1, 0.15) is 50.9 Å². The van der Waals surface area contributed by atoms with E-state index in [0.717, 1.165) is 5.75 Å². The molecule has 2 nitrogen and oxygen atoms in total. The Balaban J connectivity index is 1.97. The number of rotatable bonds is 6. The number of nitrogens with one attached hydrogen (secondary N) is 1. The van der Waals surface area contributed by atoms with Crippen molar-refractivity contribution in [2.24, 2.45) is 0 Å². The molecule has 0 saturated heterocycles. The molecule has 1 aromatic carbocycles. The predicted octanol–water partition coefficient (Wildman–Crippen LogP) is 4.95. The average Bonchev–Trinajstić information content (AvgIpc) is 2.92. The lowest BCUT2D eigenvalue weighted by Crippen LogP contribution is -2.22. The van der Waals surface area contributed by atoms with Crippen LogP contribution in [0.3, 0.4) is 0 Å². The second-order valence-electron chi connectivity index (χ2n) is 5.40. The summed E-state index contributed by atoms with van der Waals surface area (Å²) < 4.78 is 5.67. The van der Waals surface area contributed by atoms with Gasteiger partial charge in [0, 0.05) is 12.1 Å². The van der Waals surface area contributed by atoms with Crippen LogP contribution in [0.25, 0.3) is 0 Å². The molecule has 2 aromatic rings. The minimum Gasteiger partial charge on any atom is -0.491 e. The van der Waals surface area contributed by atoms with Gasteiger partial charge in [0.1, 0.15) is 5.75 Å². The van der Waals surface area contributed by atoms with Gasteiger partial charge in [-0.25, -0.2) is 0 Å².